The van der Waals surface area contributed by atoms with Gasteiger partial charge in [0.05, 0.1) is 7.11 Å². The number of carbonyl (C=O) groups excluding carboxylic acids is 3. The van der Waals surface area contributed by atoms with Crippen molar-refractivity contribution in [3.8, 4) is 5.75 Å². The maximum atomic E-state index is 13.4. The number of hydrogen-bond acceptors (Lipinski definition) is 5. The van der Waals surface area contributed by atoms with E-state index in [1.807, 2.05) is 12.1 Å². The van der Waals surface area contributed by atoms with Crippen molar-refractivity contribution >= 4 is 29.3 Å². The molecule has 0 saturated heterocycles. The lowest BCUT2D eigenvalue weighted by atomic mass is 9.74. The number of ether oxygens (including phenoxy) is 2. The number of rotatable bonds is 6. The summed E-state index contributed by atoms with van der Waals surface area (Å²) in [5, 5.41) is 0.461. The molecule has 1 aliphatic carbocycles. The van der Waals surface area contributed by atoms with E-state index in [-0.39, 0.29) is 18.3 Å². The molecule has 1 amide bonds. The molecule has 1 aliphatic rings. The standard InChI is InChI=1S/C23H24ClNO5/c1-25(22(28)16-8-7-9-17(14-16)30-15-21(27)29-2)23(13-6-5-12-20(23)26)18-10-3-4-11-19(18)24/h3-4,7-11,14H,5-6,12-13,15H2,1-2H3. The van der Waals surface area contributed by atoms with Crippen LogP contribution in [0.3, 0.4) is 0 Å². The van der Waals surface area contributed by atoms with Crippen molar-refractivity contribution in [1.29, 1.82) is 0 Å². The molecular weight excluding hydrogens is 406 g/mol. The van der Waals surface area contributed by atoms with Gasteiger partial charge in [-0.15, -0.1) is 0 Å². The van der Waals surface area contributed by atoms with E-state index in [2.05, 4.69) is 4.74 Å². The van der Waals surface area contributed by atoms with Crippen LogP contribution in [0.15, 0.2) is 48.5 Å². The van der Waals surface area contributed by atoms with Gasteiger partial charge in [-0.2, -0.15) is 0 Å². The number of benzene rings is 2. The molecule has 3 rings (SSSR count). The SMILES string of the molecule is COC(=O)COc1cccc(C(=O)N(C)C2(c3ccccc3Cl)CCCCC2=O)c1. The smallest absolute Gasteiger partial charge is 0.343 e. The van der Waals surface area contributed by atoms with Crippen molar-refractivity contribution in [1.82, 2.24) is 4.90 Å². The summed E-state index contributed by atoms with van der Waals surface area (Å²) < 4.78 is 9.95. The van der Waals surface area contributed by atoms with E-state index in [4.69, 9.17) is 16.3 Å². The van der Waals surface area contributed by atoms with Gasteiger partial charge in [-0.25, -0.2) is 4.79 Å². The number of nitrogens with zero attached hydrogens (tertiary/aromatic N) is 1. The average molecular weight is 430 g/mol. The lowest BCUT2D eigenvalue weighted by Gasteiger charge is -2.44. The number of carbonyl (C=O) groups is 3. The molecule has 0 bridgehead atoms. The predicted octanol–water partition coefficient (Wildman–Crippen LogP) is 4.00. The van der Waals surface area contributed by atoms with E-state index < -0.39 is 11.5 Å². The van der Waals surface area contributed by atoms with Gasteiger partial charge in [0.2, 0.25) is 0 Å². The Bertz CT molecular complexity index is 960. The molecule has 1 atom stereocenters. The molecule has 2 aromatic rings. The molecule has 0 aromatic heterocycles. The van der Waals surface area contributed by atoms with Gasteiger partial charge >= 0.3 is 5.97 Å². The van der Waals surface area contributed by atoms with E-state index in [0.717, 1.165) is 12.8 Å². The van der Waals surface area contributed by atoms with E-state index in [1.54, 1.807) is 43.4 Å². The summed E-state index contributed by atoms with van der Waals surface area (Å²) in [6, 6.07) is 13.7. The zero-order chi connectivity index (χ0) is 21.7. The van der Waals surface area contributed by atoms with Gasteiger partial charge < -0.3 is 14.4 Å². The van der Waals surface area contributed by atoms with E-state index >= 15 is 0 Å². The Balaban J connectivity index is 1.95. The molecule has 0 aliphatic heterocycles. The Kier molecular flexibility index (Phi) is 6.77. The Hall–Kier alpha value is -2.86. The fraction of sp³-hybridized carbons (Fsp3) is 0.348. The molecule has 2 aromatic carbocycles. The summed E-state index contributed by atoms with van der Waals surface area (Å²) in [4.78, 5) is 39.4. The summed E-state index contributed by atoms with van der Waals surface area (Å²) in [5.74, 6) is -0.500. The first-order chi connectivity index (χ1) is 14.4. The fourth-order valence-corrected chi connectivity index (χ4v) is 4.21. The topological polar surface area (TPSA) is 72.9 Å². The third-order valence-corrected chi connectivity index (χ3v) is 5.85. The Morgan fingerprint density at radius 2 is 1.90 bits per heavy atom. The van der Waals surface area contributed by atoms with Gasteiger partial charge in [0, 0.05) is 29.6 Å². The first-order valence-electron chi connectivity index (χ1n) is 9.76. The van der Waals surface area contributed by atoms with E-state index in [0.29, 0.717) is 34.7 Å². The molecular formula is C23H24ClNO5. The van der Waals surface area contributed by atoms with Gasteiger partial charge in [0.1, 0.15) is 11.3 Å². The highest BCUT2D eigenvalue weighted by Crippen LogP contribution is 2.42. The Labute approximate surface area is 180 Å². The molecule has 7 heteroatoms. The largest absolute Gasteiger partial charge is 0.482 e. The average Bonchev–Trinajstić information content (AvgIpc) is 2.77. The van der Waals surface area contributed by atoms with Crippen molar-refractivity contribution in [2.45, 2.75) is 31.2 Å². The lowest BCUT2D eigenvalue weighted by molar-refractivity contribution is -0.142. The van der Waals surface area contributed by atoms with Crippen molar-refractivity contribution in [3.05, 3.63) is 64.7 Å². The summed E-state index contributed by atoms with van der Waals surface area (Å²) in [5.41, 5.74) is -0.119. The van der Waals surface area contributed by atoms with E-state index in [9.17, 15) is 14.4 Å². The van der Waals surface area contributed by atoms with Crippen LogP contribution in [-0.4, -0.2) is 43.3 Å². The van der Waals surface area contributed by atoms with Crippen molar-refractivity contribution in [2.75, 3.05) is 20.8 Å². The molecule has 6 nitrogen and oxygen atoms in total. The zero-order valence-electron chi connectivity index (χ0n) is 17.0. The molecule has 0 heterocycles. The highest BCUT2D eigenvalue weighted by Gasteiger charge is 2.48. The number of ketones is 1. The lowest BCUT2D eigenvalue weighted by Crippen LogP contribution is -2.54. The van der Waals surface area contributed by atoms with Crippen molar-refractivity contribution in [2.24, 2.45) is 0 Å². The quantitative estimate of drug-likeness (QED) is 0.649. The zero-order valence-corrected chi connectivity index (χ0v) is 17.8. The van der Waals surface area contributed by atoms with Gasteiger partial charge in [-0.3, -0.25) is 9.59 Å². The van der Waals surface area contributed by atoms with Crippen LogP contribution in [0.5, 0.6) is 5.75 Å². The molecule has 0 radical (unpaired) electrons. The van der Waals surface area contributed by atoms with Crippen molar-refractivity contribution in [3.63, 3.8) is 0 Å². The van der Waals surface area contributed by atoms with Crippen LogP contribution >= 0.6 is 11.6 Å². The molecule has 30 heavy (non-hydrogen) atoms. The molecule has 0 spiro atoms. The first kappa shape index (κ1) is 21.8. The molecule has 158 valence electrons. The molecule has 1 saturated carbocycles. The summed E-state index contributed by atoms with van der Waals surface area (Å²) in [7, 11) is 2.91. The van der Waals surface area contributed by atoms with Gasteiger partial charge in [0.15, 0.2) is 12.4 Å². The van der Waals surface area contributed by atoms with Gasteiger partial charge in [-0.05, 0) is 43.5 Å². The second-order valence-electron chi connectivity index (χ2n) is 7.23. The molecule has 1 unspecified atom stereocenters. The highest BCUT2D eigenvalue weighted by molar-refractivity contribution is 6.31. The summed E-state index contributed by atoms with van der Waals surface area (Å²) in [6.07, 6.45) is 2.52. The van der Waals surface area contributed by atoms with Crippen molar-refractivity contribution < 1.29 is 23.9 Å². The van der Waals surface area contributed by atoms with Crippen LogP contribution in [0, 0.1) is 0 Å². The van der Waals surface area contributed by atoms with Crippen LogP contribution < -0.4 is 4.74 Å². The number of amides is 1. The normalized spacial score (nSPS) is 18.6. The van der Waals surface area contributed by atoms with Crippen LogP contribution in [0.1, 0.15) is 41.6 Å². The van der Waals surface area contributed by atoms with E-state index in [1.165, 1.54) is 12.0 Å². The third kappa shape index (κ3) is 4.19. The Morgan fingerprint density at radius 1 is 1.13 bits per heavy atom. The van der Waals surface area contributed by atoms with Crippen LogP contribution in [0.25, 0.3) is 0 Å². The Morgan fingerprint density at radius 3 is 2.60 bits per heavy atom. The minimum atomic E-state index is -1.11. The molecule has 0 N–H and O–H groups in total. The maximum absolute atomic E-state index is 13.4. The van der Waals surface area contributed by atoms with Crippen LogP contribution in [0.4, 0.5) is 0 Å². The number of hydrogen-bond donors (Lipinski definition) is 0. The minimum Gasteiger partial charge on any atom is -0.482 e. The first-order valence-corrected chi connectivity index (χ1v) is 10.1. The van der Waals surface area contributed by atoms with Gasteiger partial charge in [0.25, 0.3) is 5.91 Å². The minimum absolute atomic E-state index is 0.0178. The summed E-state index contributed by atoms with van der Waals surface area (Å²) in [6.45, 7) is -0.258. The van der Waals surface area contributed by atoms with Gasteiger partial charge in [-0.1, -0.05) is 35.9 Å². The highest BCUT2D eigenvalue weighted by atomic mass is 35.5. The van der Waals surface area contributed by atoms with Crippen LogP contribution in [0.2, 0.25) is 5.02 Å². The number of halogens is 1. The number of likely N-dealkylation sites (N-methyl/N-ethyl adjacent to an activating group) is 1. The third-order valence-electron chi connectivity index (χ3n) is 5.52. The predicted molar refractivity (Wildman–Crippen MR) is 113 cm³/mol. The number of Topliss-reactive ketones (excluding diaryl/α,β-unsaturated/α-hetero) is 1. The summed E-state index contributed by atoms with van der Waals surface area (Å²) >= 11 is 6.46. The second-order valence-corrected chi connectivity index (χ2v) is 7.63. The number of methoxy groups -OCH3 is 1. The fourth-order valence-electron chi connectivity index (χ4n) is 3.92. The monoisotopic (exact) mass is 429 g/mol. The molecule has 1 fully saturated rings. The number of esters is 1. The van der Waals surface area contributed by atoms with Crippen LogP contribution in [-0.2, 0) is 19.9 Å². The maximum Gasteiger partial charge on any atom is 0.343 e. The second kappa shape index (κ2) is 9.30.